The van der Waals surface area contributed by atoms with E-state index in [1.54, 1.807) is 0 Å². The third kappa shape index (κ3) is 3.36. The lowest BCUT2D eigenvalue weighted by Gasteiger charge is -2.14. The zero-order chi connectivity index (χ0) is 27.8. The van der Waals surface area contributed by atoms with E-state index in [9.17, 15) is 0 Å². The van der Waals surface area contributed by atoms with Crippen LogP contribution in [0.1, 0.15) is 0 Å². The van der Waals surface area contributed by atoms with Crippen LogP contribution < -0.4 is 0 Å². The summed E-state index contributed by atoms with van der Waals surface area (Å²) >= 11 is 3.64. The fourth-order valence-electron chi connectivity index (χ4n) is 6.35. The van der Waals surface area contributed by atoms with Crippen molar-refractivity contribution in [3.05, 3.63) is 126 Å². The number of halogens is 1. The van der Waals surface area contributed by atoms with Crippen molar-refractivity contribution in [3.63, 3.8) is 0 Å². The molecule has 0 bridgehead atoms. The van der Waals surface area contributed by atoms with Crippen LogP contribution in [0.15, 0.2) is 126 Å². The van der Waals surface area contributed by atoms with Crippen LogP contribution >= 0.6 is 15.9 Å². The summed E-state index contributed by atoms with van der Waals surface area (Å²) in [5, 5.41) is 8.98. The predicted molar refractivity (Wildman–Crippen MR) is 175 cm³/mol. The van der Waals surface area contributed by atoms with E-state index in [2.05, 4.69) is 130 Å². The van der Waals surface area contributed by atoms with Crippen molar-refractivity contribution < 1.29 is 0 Å². The van der Waals surface area contributed by atoms with E-state index in [4.69, 9.17) is 19.9 Å². The molecule has 6 heteroatoms. The SMILES string of the molecule is Brc1nc(-c2cc3ccccc3c3ccccc23)c2ccc3ccc(-n4c5ccccc5c5cccnc54)nc3c2n1. The second-order valence-corrected chi connectivity index (χ2v) is 11.2. The first-order valence-electron chi connectivity index (χ1n) is 13.8. The van der Waals surface area contributed by atoms with Gasteiger partial charge in [-0.3, -0.25) is 4.57 Å². The Kier molecular flexibility index (Phi) is 4.98. The maximum atomic E-state index is 5.25. The molecule has 0 unspecified atom stereocenters. The number of hydrogen-bond donors (Lipinski definition) is 0. The molecule has 42 heavy (non-hydrogen) atoms. The third-order valence-electron chi connectivity index (χ3n) is 8.17. The molecule has 0 spiro atoms. The number of aromatic nitrogens is 5. The molecule has 0 N–H and O–H groups in total. The highest BCUT2D eigenvalue weighted by Crippen LogP contribution is 2.39. The maximum absolute atomic E-state index is 5.25. The molecule has 196 valence electrons. The minimum atomic E-state index is 0.528. The lowest BCUT2D eigenvalue weighted by atomic mass is 9.94. The Balaban J connectivity index is 1.36. The standard InChI is InChI=1S/C36H20BrN5/c37-36-40-33(29-20-22-8-1-2-9-23(22)24-10-3-4-11-25(24)29)28-17-15-21-16-18-31(39-32(21)34(28)41-36)42-30-14-6-5-12-26(30)27-13-7-19-38-35(27)42/h1-20H. The van der Waals surface area contributed by atoms with Crippen molar-refractivity contribution in [3.8, 4) is 17.1 Å². The highest BCUT2D eigenvalue weighted by Gasteiger charge is 2.18. The summed E-state index contributed by atoms with van der Waals surface area (Å²) in [7, 11) is 0. The number of hydrogen-bond acceptors (Lipinski definition) is 4. The largest absolute Gasteiger partial charge is 0.278 e. The molecule has 0 amide bonds. The Morgan fingerprint density at radius 1 is 0.524 bits per heavy atom. The van der Waals surface area contributed by atoms with Crippen LogP contribution in [0, 0.1) is 0 Å². The summed E-state index contributed by atoms with van der Waals surface area (Å²) in [4.78, 5) is 19.8. The van der Waals surface area contributed by atoms with Gasteiger partial charge in [-0.1, -0.05) is 72.8 Å². The van der Waals surface area contributed by atoms with Gasteiger partial charge in [0.05, 0.1) is 16.7 Å². The molecular weight excluding hydrogens is 582 g/mol. The number of pyridine rings is 2. The van der Waals surface area contributed by atoms with Gasteiger partial charge in [0.1, 0.15) is 17.0 Å². The van der Waals surface area contributed by atoms with Gasteiger partial charge in [-0.15, -0.1) is 0 Å². The van der Waals surface area contributed by atoms with Gasteiger partial charge in [-0.2, -0.15) is 0 Å². The van der Waals surface area contributed by atoms with E-state index in [0.29, 0.717) is 4.73 Å². The Labute approximate surface area is 248 Å². The highest BCUT2D eigenvalue weighted by molar-refractivity contribution is 9.10. The van der Waals surface area contributed by atoms with E-state index < -0.39 is 0 Å². The molecular formula is C36H20BrN5. The van der Waals surface area contributed by atoms with Gasteiger partial charge in [-0.05, 0) is 79.9 Å². The quantitative estimate of drug-likeness (QED) is 0.146. The second-order valence-electron chi connectivity index (χ2n) is 10.5. The minimum Gasteiger partial charge on any atom is -0.278 e. The summed E-state index contributed by atoms with van der Waals surface area (Å²) in [6.07, 6.45) is 1.83. The molecule has 0 fully saturated rings. The summed E-state index contributed by atoms with van der Waals surface area (Å²) in [6, 6.07) is 40.1. The molecule has 0 aliphatic heterocycles. The van der Waals surface area contributed by atoms with Crippen LogP contribution in [0.3, 0.4) is 0 Å². The van der Waals surface area contributed by atoms with Gasteiger partial charge >= 0.3 is 0 Å². The van der Waals surface area contributed by atoms with Crippen molar-refractivity contribution in [2.75, 3.05) is 0 Å². The smallest absolute Gasteiger partial charge is 0.197 e. The Hall–Kier alpha value is -5.20. The molecule has 4 heterocycles. The third-order valence-corrected chi connectivity index (χ3v) is 8.52. The number of rotatable bonds is 2. The fourth-order valence-corrected chi connectivity index (χ4v) is 6.70. The zero-order valence-corrected chi connectivity index (χ0v) is 23.7. The molecule has 0 saturated carbocycles. The van der Waals surface area contributed by atoms with Gasteiger partial charge in [0.25, 0.3) is 0 Å². The minimum absolute atomic E-state index is 0.528. The van der Waals surface area contributed by atoms with Crippen LogP contribution in [-0.2, 0) is 0 Å². The number of para-hydroxylation sites is 1. The zero-order valence-electron chi connectivity index (χ0n) is 22.2. The molecule has 0 radical (unpaired) electrons. The molecule has 5 nitrogen and oxygen atoms in total. The number of nitrogens with zero attached hydrogens (tertiary/aromatic N) is 5. The van der Waals surface area contributed by atoms with E-state index in [-0.39, 0.29) is 0 Å². The average Bonchev–Trinajstić information content (AvgIpc) is 3.38. The van der Waals surface area contributed by atoms with Crippen molar-refractivity contribution in [1.82, 2.24) is 24.5 Å². The molecule has 9 aromatic rings. The van der Waals surface area contributed by atoms with Crippen LogP contribution in [0.2, 0.25) is 0 Å². The second kappa shape index (κ2) is 8.90. The summed E-state index contributed by atoms with van der Waals surface area (Å²) < 4.78 is 2.66. The van der Waals surface area contributed by atoms with E-state index in [1.165, 1.54) is 16.2 Å². The van der Waals surface area contributed by atoms with Crippen LogP contribution in [0.5, 0.6) is 0 Å². The Morgan fingerprint density at radius 3 is 2.17 bits per heavy atom. The monoisotopic (exact) mass is 601 g/mol. The van der Waals surface area contributed by atoms with Gasteiger partial charge in [-0.25, -0.2) is 19.9 Å². The molecule has 0 saturated heterocycles. The summed E-state index contributed by atoms with van der Waals surface area (Å²) in [5.74, 6) is 0.798. The van der Waals surface area contributed by atoms with Crippen molar-refractivity contribution >= 4 is 81.2 Å². The summed E-state index contributed by atoms with van der Waals surface area (Å²) in [5.41, 5.74) is 5.52. The average molecular weight is 602 g/mol. The predicted octanol–water partition coefficient (Wildman–Crippen LogP) is 9.41. The lowest BCUT2D eigenvalue weighted by Crippen LogP contribution is -2.00. The Bertz CT molecular complexity index is 2500. The first-order valence-corrected chi connectivity index (χ1v) is 14.6. The van der Waals surface area contributed by atoms with Gasteiger partial charge in [0, 0.05) is 33.3 Å². The fraction of sp³-hybridized carbons (Fsp3) is 0. The van der Waals surface area contributed by atoms with Gasteiger partial charge in [0.15, 0.2) is 4.73 Å². The van der Waals surface area contributed by atoms with E-state index in [1.807, 2.05) is 12.3 Å². The van der Waals surface area contributed by atoms with Crippen molar-refractivity contribution in [2.24, 2.45) is 0 Å². The van der Waals surface area contributed by atoms with Gasteiger partial charge < -0.3 is 0 Å². The van der Waals surface area contributed by atoms with E-state index in [0.717, 1.165) is 66.2 Å². The Morgan fingerprint density at radius 2 is 1.26 bits per heavy atom. The van der Waals surface area contributed by atoms with Crippen molar-refractivity contribution in [2.45, 2.75) is 0 Å². The first-order chi connectivity index (χ1) is 20.7. The molecule has 5 aromatic carbocycles. The van der Waals surface area contributed by atoms with Crippen LogP contribution in [0.25, 0.3) is 82.4 Å². The molecule has 4 aromatic heterocycles. The van der Waals surface area contributed by atoms with E-state index >= 15 is 0 Å². The molecule has 0 aliphatic carbocycles. The molecule has 9 rings (SSSR count). The number of fused-ring (bicyclic) bond motifs is 9. The topological polar surface area (TPSA) is 56.5 Å². The van der Waals surface area contributed by atoms with Crippen LogP contribution in [-0.4, -0.2) is 24.5 Å². The lowest BCUT2D eigenvalue weighted by molar-refractivity contribution is 1.07. The highest BCUT2D eigenvalue weighted by atomic mass is 79.9. The summed E-state index contributed by atoms with van der Waals surface area (Å²) in [6.45, 7) is 0. The molecule has 0 aliphatic rings. The normalized spacial score (nSPS) is 11.9. The maximum Gasteiger partial charge on any atom is 0.197 e. The first kappa shape index (κ1) is 23.5. The van der Waals surface area contributed by atoms with Crippen LogP contribution in [0.4, 0.5) is 0 Å². The molecule has 0 atom stereocenters. The van der Waals surface area contributed by atoms with Crippen molar-refractivity contribution in [1.29, 1.82) is 0 Å². The van der Waals surface area contributed by atoms with Gasteiger partial charge in [0.2, 0.25) is 0 Å². The number of benzene rings is 5.